The van der Waals surface area contributed by atoms with Crippen LogP contribution in [0.3, 0.4) is 0 Å². The Bertz CT molecular complexity index is 455. The van der Waals surface area contributed by atoms with Gasteiger partial charge in [-0.3, -0.25) is 4.79 Å². The monoisotopic (exact) mass is 282 g/mol. The van der Waals surface area contributed by atoms with Crippen LogP contribution in [0.4, 0.5) is 10.8 Å². The smallest absolute Gasteiger partial charge is 0.258 e. The van der Waals surface area contributed by atoms with Crippen molar-refractivity contribution in [2.75, 3.05) is 17.2 Å². The molecule has 1 aliphatic carbocycles. The van der Waals surface area contributed by atoms with Gasteiger partial charge in [-0.15, -0.1) is 0 Å². The Hall–Kier alpha value is -1.30. The highest BCUT2D eigenvalue weighted by molar-refractivity contribution is 7.11. The first-order valence-corrected chi connectivity index (χ1v) is 7.68. The summed E-state index contributed by atoms with van der Waals surface area (Å²) in [6, 6.07) is 0.704. The predicted molar refractivity (Wildman–Crippen MR) is 79.8 cm³/mol. The maximum absolute atomic E-state index is 12.3. The van der Waals surface area contributed by atoms with Gasteiger partial charge in [-0.2, -0.15) is 4.37 Å². The number of hydrogen-bond donors (Lipinski definition) is 2. The van der Waals surface area contributed by atoms with Crippen molar-refractivity contribution in [1.82, 2.24) is 9.69 Å². The maximum atomic E-state index is 12.3. The van der Waals surface area contributed by atoms with Crippen LogP contribution in [0.25, 0.3) is 0 Å². The summed E-state index contributed by atoms with van der Waals surface area (Å²) in [5.74, 6) is 0.269. The molecule has 0 bridgehead atoms. The van der Waals surface area contributed by atoms with E-state index in [4.69, 9.17) is 5.73 Å². The fourth-order valence-corrected chi connectivity index (χ4v) is 3.04. The molecule has 0 spiro atoms. The minimum atomic E-state index is -0.0782. The second-order valence-corrected chi connectivity index (χ2v) is 5.79. The average molecular weight is 282 g/mol. The first kappa shape index (κ1) is 14.1. The van der Waals surface area contributed by atoms with Crippen molar-refractivity contribution in [3.63, 3.8) is 0 Å². The van der Waals surface area contributed by atoms with Crippen LogP contribution in [0.1, 0.15) is 50.4 Å². The largest absolute Gasteiger partial charge is 0.382 e. The number of rotatable bonds is 6. The van der Waals surface area contributed by atoms with Gasteiger partial charge in [-0.25, -0.2) is 0 Å². The number of carbonyl (C=O) groups is 1. The van der Waals surface area contributed by atoms with Crippen molar-refractivity contribution in [3.05, 3.63) is 5.56 Å². The van der Waals surface area contributed by atoms with E-state index < -0.39 is 0 Å². The van der Waals surface area contributed by atoms with Crippen molar-refractivity contribution in [2.24, 2.45) is 0 Å². The summed E-state index contributed by atoms with van der Waals surface area (Å²) in [4.78, 5) is 14.5. The molecule has 1 heterocycles. The fraction of sp³-hybridized carbons (Fsp3) is 0.692. The first-order valence-electron chi connectivity index (χ1n) is 6.91. The Balaban J connectivity index is 2.26. The molecule has 1 aliphatic rings. The fourth-order valence-electron chi connectivity index (χ4n) is 2.06. The molecule has 106 valence electrons. The molecular weight excluding hydrogens is 260 g/mol. The second-order valence-electron chi connectivity index (χ2n) is 5.04. The van der Waals surface area contributed by atoms with E-state index in [2.05, 4.69) is 35.4 Å². The Morgan fingerprint density at radius 2 is 2.26 bits per heavy atom. The van der Waals surface area contributed by atoms with E-state index in [0.29, 0.717) is 23.5 Å². The summed E-state index contributed by atoms with van der Waals surface area (Å²) in [5.41, 5.74) is 6.44. The molecular formula is C13H22N4OS. The number of aromatic nitrogens is 1. The lowest BCUT2D eigenvalue weighted by molar-refractivity contribution is 0.0952. The molecule has 1 aromatic rings. The SMILES string of the molecule is CCC(C)N(CC)c1snc(N)c1C(=O)NC1CC1. The number of nitrogen functional groups attached to an aromatic ring is 1. The lowest BCUT2D eigenvalue weighted by atomic mass is 10.2. The van der Waals surface area contributed by atoms with Crippen LogP contribution in [0.2, 0.25) is 0 Å². The first-order chi connectivity index (χ1) is 9.08. The highest BCUT2D eigenvalue weighted by Gasteiger charge is 2.29. The van der Waals surface area contributed by atoms with Crippen LogP contribution in [0.15, 0.2) is 0 Å². The van der Waals surface area contributed by atoms with Crippen LogP contribution in [-0.2, 0) is 0 Å². The summed E-state index contributed by atoms with van der Waals surface area (Å²) in [5, 5.41) is 3.89. The van der Waals surface area contributed by atoms with Gasteiger partial charge >= 0.3 is 0 Å². The van der Waals surface area contributed by atoms with Crippen LogP contribution in [-0.4, -0.2) is 28.9 Å². The van der Waals surface area contributed by atoms with Crippen LogP contribution in [0.5, 0.6) is 0 Å². The summed E-state index contributed by atoms with van der Waals surface area (Å²) in [6.07, 6.45) is 3.16. The van der Waals surface area contributed by atoms with Gasteiger partial charge in [-0.05, 0) is 44.6 Å². The highest BCUT2D eigenvalue weighted by atomic mass is 32.1. The highest BCUT2D eigenvalue weighted by Crippen LogP contribution is 2.33. The van der Waals surface area contributed by atoms with Crippen molar-refractivity contribution in [3.8, 4) is 0 Å². The second kappa shape index (κ2) is 5.77. The lowest BCUT2D eigenvalue weighted by Crippen LogP contribution is -2.34. The molecule has 1 fully saturated rings. The number of nitrogens with one attached hydrogen (secondary N) is 1. The van der Waals surface area contributed by atoms with Gasteiger partial charge in [-0.1, -0.05) is 6.92 Å². The molecule has 1 unspecified atom stereocenters. The van der Waals surface area contributed by atoms with Gasteiger partial charge in [0.25, 0.3) is 5.91 Å². The third-order valence-corrected chi connectivity index (χ3v) is 4.46. The predicted octanol–water partition coefficient (Wildman–Crippen LogP) is 2.24. The lowest BCUT2D eigenvalue weighted by Gasteiger charge is -2.28. The molecule has 3 N–H and O–H groups in total. The normalized spacial score (nSPS) is 16.2. The number of amides is 1. The Kier molecular flexibility index (Phi) is 4.29. The molecule has 6 heteroatoms. The van der Waals surface area contributed by atoms with Gasteiger partial charge in [0.1, 0.15) is 10.6 Å². The van der Waals surface area contributed by atoms with E-state index in [1.54, 1.807) is 0 Å². The molecule has 1 amide bonds. The molecule has 0 aromatic carbocycles. The van der Waals surface area contributed by atoms with E-state index in [9.17, 15) is 4.79 Å². The Morgan fingerprint density at radius 1 is 1.58 bits per heavy atom. The zero-order valence-corrected chi connectivity index (χ0v) is 12.6. The van der Waals surface area contributed by atoms with Gasteiger partial charge in [0.05, 0.1) is 0 Å². The summed E-state index contributed by atoms with van der Waals surface area (Å²) in [6.45, 7) is 7.23. The van der Waals surface area contributed by atoms with Crippen molar-refractivity contribution >= 4 is 28.3 Å². The van der Waals surface area contributed by atoms with Gasteiger partial charge in [0.2, 0.25) is 0 Å². The van der Waals surface area contributed by atoms with Crippen molar-refractivity contribution in [2.45, 2.75) is 52.1 Å². The molecule has 2 rings (SSSR count). The van der Waals surface area contributed by atoms with E-state index in [0.717, 1.165) is 30.8 Å². The maximum Gasteiger partial charge on any atom is 0.258 e. The zero-order valence-electron chi connectivity index (χ0n) is 11.8. The number of carbonyl (C=O) groups excluding carboxylic acids is 1. The molecule has 1 atom stereocenters. The summed E-state index contributed by atoms with van der Waals surface area (Å²) in [7, 11) is 0. The van der Waals surface area contributed by atoms with Crippen LogP contribution < -0.4 is 16.0 Å². The minimum Gasteiger partial charge on any atom is -0.382 e. The molecule has 1 aromatic heterocycles. The van der Waals surface area contributed by atoms with Gasteiger partial charge in [0, 0.05) is 18.6 Å². The van der Waals surface area contributed by atoms with Crippen LogP contribution >= 0.6 is 11.5 Å². The molecule has 19 heavy (non-hydrogen) atoms. The summed E-state index contributed by atoms with van der Waals surface area (Å²) >= 11 is 1.32. The summed E-state index contributed by atoms with van der Waals surface area (Å²) < 4.78 is 4.17. The van der Waals surface area contributed by atoms with Crippen LogP contribution in [0, 0.1) is 0 Å². The topological polar surface area (TPSA) is 71.2 Å². The molecule has 5 nitrogen and oxygen atoms in total. The molecule has 0 radical (unpaired) electrons. The van der Waals surface area contributed by atoms with E-state index in [1.807, 2.05) is 0 Å². The zero-order chi connectivity index (χ0) is 14.0. The molecule has 0 saturated heterocycles. The van der Waals surface area contributed by atoms with Gasteiger partial charge in [0.15, 0.2) is 5.82 Å². The third kappa shape index (κ3) is 3.00. The Labute approximate surface area is 118 Å². The molecule has 0 aliphatic heterocycles. The van der Waals surface area contributed by atoms with Gasteiger partial charge < -0.3 is 16.0 Å². The molecule has 1 saturated carbocycles. The minimum absolute atomic E-state index is 0.0782. The van der Waals surface area contributed by atoms with E-state index >= 15 is 0 Å². The number of anilines is 2. The van der Waals surface area contributed by atoms with E-state index in [-0.39, 0.29) is 5.91 Å². The number of nitrogens with two attached hydrogens (primary N) is 1. The average Bonchev–Trinajstić information content (AvgIpc) is 3.12. The number of nitrogens with zero attached hydrogens (tertiary/aromatic N) is 2. The third-order valence-electron chi connectivity index (χ3n) is 3.56. The quantitative estimate of drug-likeness (QED) is 0.839. The standard InChI is InChI=1S/C13H22N4OS/c1-4-8(3)17(5-2)13-10(11(14)16-19-13)12(18)15-9-6-7-9/h8-9H,4-7H2,1-3H3,(H2,14,16)(H,15,18). The van der Waals surface area contributed by atoms with E-state index in [1.165, 1.54) is 11.5 Å². The van der Waals surface area contributed by atoms with Crippen molar-refractivity contribution < 1.29 is 4.79 Å². The number of hydrogen-bond acceptors (Lipinski definition) is 5. The van der Waals surface area contributed by atoms with Crippen molar-refractivity contribution in [1.29, 1.82) is 0 Å². The Morgan fingerprint density at radius 3 is 2.79 bits per heavy atom.